The molecule has 0 saturated carbocycles. The predicted octanol–water partition coefficient (Wildman–Crippen LogP) is 3.07. The first-order valence-electron chi connectivity index (χ1n) is 7.95. The Hall–Kier alpha value is -2.48. The summed E-state index contributed by atoms with van der Waals surface area (Å²) in [5.74, 6) is 2.13. The van der Waals surface area contributed by atoms with Crippen LogP contribution < -0.4 is 24.8 Å². The molecule has 2 aromatic rings. The van der Waals surface area contributed by atoms with Crippen LogP contribution in [0.1, 0.15) is 29.7 Å². The Morgan fingerprint density at radius 1 is 1.24 bits per heavy atom. The van der Waals surface area contributed by atoms with Gasteiger partial charge < -0.3 is 24.8 Å². The lowest BCUT2D eigenvalue weighted by molar-refractivity contribution is -0.116. The smallest absolute Gasteiger partial charge is 0.226 e. The van der Waals surface area contributed by atoms with Gasteiger partial charge in [-0.15, -0.1) is 0 Å². The van der Waals surface area contributed by atoms with E-state index >= 15 is 0 Å². The van der Waals surface area contributed by atoms with Crippen molar-refractivity contribution in [2.45, 2.75) is 19.3 Å². The summed E-state index contributed by atoms with van der Waals surface area (Å²) in [5.41, 5.74) is 0.928. The van der Waals surface area contributed by atoms with Crippen molar-refractivity contribution in [2.24, 2.45) is 0 Å². The van der Waals surface area contributed by atoms with Crippen molar-refractivity contribution >= 4 is 28.2 Å². The lowest BCUT2D eigenvalue weighted by Crippen LogP contribution is -2.22. The zero-order chi connectivity index (χ0) is 18.0. The molecule has 1 aromatic carbocycles. The number of hydrogen-bond acceptors (Lipinski definition) is 7. The lowest BCUT2D eigenvalue weighted by Gasteiger charge is -2.23. The van der Waals surface area contributed by atoms with E-state index in [1.807, 2.05) is 19.1 Å². The molecule has 2 N–H and O–H groups in total. The molecule has 134 valence electrons. The van der Waals surface area contributed by atoms with Gasteiger partial charge in [0.05, 0.1) is 26.2 Å². The number of anilines is 2. The fourth-order valence-electron chi connectivity index (χ4n) is 2.92. The Bertz CT molecular complexity index is 765. The van der Waals surface area contributed by atoms with Gasteiger partial charge in [-0.05, 0) is 24.6 Å². The minimum atomic E-state index is -0.109. The fraction of sp³-hybridized carbons (Fsp3) is 0.412. The molecule has 0 radical (unpaired) electrons. The molecule has 8 heteroatoms. The van der Waals surface area contributed by atoms with Crippen LogP contribution in [0.5, 0.6) is 17.2 Å². The molecule has 7 nitrogen and oxygen atoms in total. The average Bonchev–Trinajstić information content (AvgIpc) is 3.02. The first kappa shape index (κ1) is 17.3. The lowest BCUT2D eigenvalue weighted by atomic mass is 9.91. The number of benzene rings is 1. The third-order valence-electron chi connectivity index (χ3n) is 4.03. The summed E-state index contributed by atoms with van der Waals surface area (Å²) in [5, 5.41) is 6.85. The molecule has 0 spiro atoms. The van der Waals surface area contributed by atoms with E-state index < -0.39 is 0 Å². The standard InChI is InChI=1S/C17H21N3O4S/c1-5-18-17-20-16-15(25-17)10(8-13(21)19-16)9-6-11(22-2)14(24-4)12(7-9)23-3/h6-7,10H,5,8H2,1-4H3,(H,18,20)(H,19,21)/t10-/m1/s1. The predicted molar refractivity (Wildman–Crippen MR) is 97.5 cm³/mol. The first-order chi connectivity index (χ1) is 12.1. The molecule has 0 bridgehead atoms. The van der Waals surface area contributed by atoms with Crippen molar-refractivity contribution in [1.82, 2.24) is 4.98 Å². The second kappa shape index (κ2) is 7.18. The van der Waals surface area contributed by atoms with E-state index in [0.717, 1.165) is 22.1 Å². The molecule has 1 aromatic heterocycles. The third kappa shape index (κ3) is 3.21. The van der Waals surface area contributed by atoms with Gasteiger partial charge in [0.15, 0.2) is 16.6 Å². The summed E-state index contributed by atoms with van der Waals surface area (Å²) in [6.45, 7) is 2.78. The number of carbonyl (C=O) groups excluding carboxylic acids is 1. The zero-order valence-corrected chi connectivity index (χ0v) is 15.5. The van der Waals surface area contributed by atoms with Gasteiger partial charge in [-0.1, -0.05) is 11.3 Å². The Morgan fingerprint density at radius 3 is 2.48 bits per heavy atom. The molecule has 1 aliphatic rings. The van der Waals surface area contributed by atoms with Gasteiger partial charge in [-0.3, -0.25) is 4.79 Å². The van der Waals surface area contributed by atoms with E-state index in [9.17, 15) is 4.79 Å². The van der Waals surface area contributed by atoms with Gasteiger partial charge in [-0.2, -0.15) is 0 Å². The SMILES string of the molecule is CCNc1nc2c(s1)[C@@H](c1cc(OC)c(OC)c(OC)c1)CC(=O)N2. The van der Waals surface area contributed by atoms with Gasteiger partial charge in [0.2, 0.25) is 11.7 Å². The topological polar surface area (TPSA) is 81.7 Å². The largest absolute Gasteiger partial charge is 0.493 e. The number of nitrogens with one attached hydrogen (secondary N) is 2. The number of hydrogen-bond donors (Lipinski definition) is 2. The molecule has 0 fully saturated rings. The van der Waals surface area contributed by atoms with Crippen molar-refractivity contribution in [3.8, 4) is 17.2 Å². The van der Waals surface area contributed by atoms with Gasteiger partial charge in [0, 0.05) is 18.9 Å². The zero-order valence-electron chi connectivity index (χ0n) is 14.6. The molecule has 1 aliphatic heterocycles. The normalized spacial score (nSPS) is 16.0. The molecular formula is C17H21N3O4S. The van der Waals surface area contributed by atoms with E-state index in [1.165, 1.54) is 0 Å². The summed E-state index contributed by atoms with van der Waals surface area (Å²) in [6, 6.07) is 3.78. The summed E-state index contributed by atoms with van der Waals surface area (Å²) >= 11 is 1.55. The molecule has 25 heavy (non-hydrogen) atoms. The van der Waals surface area contributed by atoms with Gasteiger partial charge in [-0.25, -0.2) is 4.98 Å². The van der Waals surface area contributed by atoms with Crippen LogP contribution in [0.25, 0.3) is 0 Å². The summed E-state index contributed by atoms with van der Waals surface area (Å²) in [6.07, 6.45) is 0.347. The maximum absolute atomic E-state index is 12.2. The number of methoxy groups -OCH3 is 3. The van der Waals surface area contributed by atoms with Crippen LogP contribution in [0.4, 0.5) is 10.9 Å². The van der Waals surface area contributed by atoms with E-state index in [2.05, 4.69) is 15.6 Å². The maximum atomic E-state index is 12.2. The highest BCUT2D eigenvalue weighted by Crippen LogP contribution is 2.46. The van der Waals surface area contributed by atoms with E-state index in [4.69, 9.17) is 14.2 Å². The molecule has 0 aliphatic carbocycles. The van der Waals surface area contributed by atoms with Crippen molar-refractivity contribution < 1.29 is 19.0 Å². The number of thiazole rings is 1. The van der Waals surface area contributed by atoms with Crippen LogP contribution in [0, 0.1) is 0 Å². The second-order valence-corrected chi connectivity index (χ2v) is 6.56. The molecule has 1 amide bonds. The summed E-state index contributed by atoms with van der Waals surface area (Å²) in [4.78, 5) is 17.6. The van der Waals surface area contributed by atoms with Gasteiger partial charge in [0.1, 0.15) is 5.82 Å². The second-order valence-electron chi connectivity index (χ2n) is 5.53. The first-order valence-corrected chi connectivity index (χ1v) is 8.77. The maximum Gasteiger partial charge on any atom is 0.226 e. The molecule has 1 atom stereocenters. The van der Waals surface area contributed by atoms with E-state index in [0.29, 0.717) is 29.5 Å². The number of nitrogens with zero attached hydrogens (tertiary/aromatic N) is 1. The van der Waals surface area contributed by atoms with Gasteiger partial charge in [0.25, 0.3) is 0 Å². The van der Waals surface area contributed by atoms with E-state index in [-0.39, 0.29) is 11.8 Å². The van der Waals surface area contributed by atoms with Crippen LogP contribution in [0.2, 0.25) is 0 Å². The number of ether oxygens (including phenoxy) is 3. The van der Waals surface area contributed by atoms with Crippen LogP contribution in [-0.2, 0) is 4.79 Å². The molecule has 2 heterocycles. The summed E-state index contributed by atoms with van der Waals surface area (Å²) < 4.78 is 16.3. The quantitative estimate of drug-likeness (QED) is 0.821. The highest BCUT2D eigenvalue weighted by molar-refractivity contribution is 7.16. The molecule has 0 saturated heterocycles. The minimum Gasteiger partial charge on any atom is -0.493 e. The Balaban J connectivity index is 2.09. The average molecular weight is 363 g/mol. The number of amides is 1. The third-order valence-corrected chi connectivity index (χ3v) is 5.16. The highest BCUT2D eigenvalue weighted by Gasteiger charge is 2.31. The number of carbonyl (C=O) groups is 1. The van der Waals surface area contributed by atoms with Crippen molar-refractivity contribution in [3.05, 3.63) is 22.6 Å². The Labute approximate surface area is 150 Å². The van der Waals surface area contributed by atoms with Crippen LogP contribution in [0.3, 0.4) is 0 Å². The van der Waals surface area contributed by atoms with Crippen LogP contribution >= 0.6 is 11.3 Å². The van der Waals surface area contributed by atoms with Gasteiger partial charge >= 0.3 is 0 Å². The van der Waals surface area contributed by atoms with E-state index in [1.54, 1.807) is 32.7 Å². The molecule has 0 unspecified atom stereocenters. The van der Waals surface area contributed by atoms with Crippen molar-refractivity contribution in [2.75, 3.05) is 38.5 Å². The highest BCUT2D eigenvalue weighted by atomic mass is 32.1. The fourth-order valence-corrected chi connectivity index (χ4v) is 4.03. The Morgan fingerprint density at radius 2 is 1.92 bits per heavy atom. The van der Waals surface area contributed by atoms with Crippen molar-refractivity contribution in [3.63, 3.8) is 0 Å². The number of rotatable bonds is 6. The molecular weight excluding hydrogens is 342 g/mol. The molecule has 3 rings (SSSR count). The van der Waals surface area contributed by atoms with Crippen molar-refractivity contribution in [1.29, 1.82) is 0 Å². The Kier molecular flexibility index (Phi) is 4.98. The van der Waals surface area contributed by atoms with Crippen LogP contribution in [-0.4, -0.2) is 38.8 Å². The number of aromatic nitrogens is 1. The summed E-state index contributed by atoms with van der Waals surface area (Å²) in [7, 11) is 4.73. The number of fused-ring (bicyclic) bond motifs is 1. The minimum absolute atomic E-state index is 0.0559. The van der Waals surface area contributed by atoms with Crippen LogP contribution in [0.15, 0.2) is 12.1 Å². The monoisotopic (exact) mass is 363 g/mol.